The topological polar surface area (TPSA) is 27.0 Å². The fourth-order valence-electron chi connectivity index (χ4n) is 3.22. The van der Waals surface area contributed by atoms with E-state index >= 15 is 0 Å². The molecule has 0 unspecified atom stereocenters. The van der Waals surface area contributed by atoms with Crippen molar-refractivity contribution in [1.82, 2.24) is 4.90 Å². The molecular weight excluding hydrogens is 375 g/mol. The average Bonchev–Trinajstić information content (AvgIpc) is 2.70. The third kappa shape index (κ3) is 5.11. The van der Waals surface area contributed by atoms with Crippen molar-refractivity contribution in [2.75, 3.05) is 0 Å². The molecule has 3 aromatic rings. The van der Waals surface area contributed by atoms with Gasteiger partial charge in [-0.25, -0.2) is 0 Å². The van der Waals surface area contributed by atoms with E-state index in [4.69, 9.17) is 23.2 Å². The zero-order valence-electron chi connectivity index (χ0n) is 14.8. The van der Waals surface area contributed by atoms with Crippen LogP contribution < -0.4 is 0 Å². The van der Waals surface area contributed by atoms with E-state index in [1.165, 1.54) is 0 Å². The predicted molar refractivity (Wildman–Crippen MR) is 111 cm³/mol. The number of nitrogens with zero attached hydrogens (tertiary/aromatic N) is 2. The van der Waals surface area contributed by atoms with Crippen molar-refractivity contribution < 1.29 is 0 Å². The predicted octanol–water partition coefficient (Wildman–Crippen LogP) is 6.13. The summed E-state index contributed by atoms with van der Waals surface area (Å²) in [5.41, 5.74) is 3.18. The normalized spacial score (nSPS) is 12.5. The quantitative estimate of drug-likeness (QED) is 0.450. The van der Waals surface area contributed by atoms with Crippen LogP contribution in [-0.4, -0.2) is 9.23 Å². The van der Waals surface area contributed by atoms with Gasteiger partial charge in [0.15, 0.2) is 0 Å². The van der Waals surface area contributed by atoms with Crippen LogP contribution in [-0.2, 0) is 13.1 Å². The van der Waals surface area contributed by atoms with Crippen molar-refractivity contribution in [3.05, 3.63) is 108 Å². The number of hydrogen-bond acceptors (Lipinski definition) is 2. The summed E-state index contributed by atoms with van der Waals surface area (Å²) < 4.78 is -1.58. The van der Waals surface area contributed by atoms with Crippen LogP contribution in [0.5, 0.6) is 0 Å². The van der Waals surface area contributed by atoms with Crippen molar-refractivity contribution in [3.8, 4) is 6.07 Å². The molecule has 0 spiro atoms. The smallest absolute Gasteiger partial charge is 0.222 e. The van der Waals surface area contributed by atoms with Gasteiger partial charge in [-0.2, -0.15) is 5.26 Å². The highest BCUT2D eigenvalue weighted by atomic mass is 35.5. The summed E-state index contributed by atoms with van der Waals surface area (Å²) in [6.45, 7) is 1.25. The molecule has 0 aromatic heterocycles. The van der Waals surface area contributed by atoms with E-state index in [-0.39, 0.29) is 0 Å². The molecule has 0 amide bonds. The second kappa shape index (κ2) is 9.06. The molecule has 0 heterocycles. The van der Waals surface area contributed by atoms with Gasteiger partial charge in [-0.05, 0) is 16.7 Å². The van der Waals surface area contributed by atoms with Gasteiger partial charge in [0.1, 0.15) is 6.07 Å². The summed E-state index contributed by atoms with van der Waals surface area (Å²) in [7, 11) is 0. The molecule has 136 valence electrons. The van der Waals surface area contributed by atoms with E-state index in [0.717, 1.165) is 16.7 Å². The van der Waals surface area contributed by atoms with E-state index in [2.05, 4.69) is 35.2 Å². The lowest BCUT2D eigenvalue weighted by Crippen LogP contribution is -2.38. The Bertz CT molecular complexity index is 833. The molecule has 3 aromatic carbocycles. The minimum absolute atomic E-state index is 0.479. The fourth-order valence-corrected chi connectivity index (χ4v) is 3.75. The molecule has 2 nitrogen and oxygen atoms in total. The lowest BCUT2D eigenvalue weighted by Gasteiger charge is -2.36. The molecule has 1 atom stereocenters. The molecule has 27 heavy (non-hydrogen) atoms. The minimum atomic E-state index is -1.58. The fraction of sp³-hybridized carbons (Fsp3) is 0.174. The molecule has 0 radical (unpaired) electrons. The number of alkyl halides is 2. The number of nitriles is 1. The van der Waals surface area contributed by atoms with Crippen molar-refractivity contribution in [2.24, 2.45) is 0 Å². The maximum Gasteiger partial charge on any atom is 0.222 e. The molecule has 0 bridgehead atoms. The molecule has 0 aliphatic heterocycles. The van der Waals surface area contributed by atoms with Gasteiger partial charge >= 0.3 is 0 Å². The molecule has 0 saturated heterocycles. The van der Waals surface area contributed by atoms with E-state index < -0.39 is 10.4 Å². The largest absolute Gasteiger partial charge is 0.284 e. The average molecular weight is 395 g/mol. The van der Waals surface area contributed by atoms with Gasteiger partial charge in [-0.1, -0.05) is 114 Å². The maximum atomic E-state index is 9.67. The SMILES string of the molecule is N#CC(Cl)(Cl)[C@@H](c1ccccc1)N(Cc1ccccc1)Cc1ccccc1. The van der Waals surface area contributed by atoms with E-state index in [1.54, 1.807) is 0 Å². The van der Waals surface area contributed by atoms with Crippen LogP contribution in [0.2, 0.25) is 0 Å². The second-order valence-electron chi connectivity index (χ2n) is 6.42. The summed E-state index contributed by atoms with van der Waals surface area (Å²) >= 11 is 13.0. The summed E-state index contributed by atoms with van der Waals surface area (Å²) in [6, 6.07) is 31.6. The van der Waals surface area contributed by atoms with Gasteiger partial charge in [0.05, 0.1) is 6.04 Å². The van der Waals surface area contributed by atoms with Crippen LogP contribution in [0, 0.1) is 11.3 Å². The van der Waals surface area contributed by atoms with Crippen molar-refractivity contribution in [3.63, 3.8) is 0 Å². The minimum Gasteiger partial charge on any atom is -0.284 e. The zero-order chi connectivity index (χ0) is 19.1. The zero-order valence-corrected chi connectivity index (χ0v) is 16.3. The van der Waals surface area contributed by atoms with Crippen LogP contribution in [0.1, 0.15) is 22.7 Å². The van der Waals surface area contributed by atoms with E-state index in [1.807, 2.05) is 66.7 Å². The Morgan fingerprint density at radius 1 is 0.741 bits per heavy atom. The molecule has 0 aliphatic carbocycles. The maximum absolute atomic E-state index is 9.67. The Labute approximate surface area is 170 Å². The third-order valence-corrected chi connectivity index (χ3v) is 5.01. The molecule has 0 N–H and O–H groups in total. The number of hydrogen-bond donors (Lipinski definition) is 0. The third-order valence-electron chi connectivity index (χ3n) is 4.43. The Morgan fingerprint density at radius 3 is 1.56 bits per heavy atom. The van der Waals surface area contributed by atoms with Gasteiger partial charge in [0, 0.05) is 13.1 Å². The Balaban J connectivity index is 2.03. The lowest BCUT2D eigenvalue weighted by molar-refractivity contribution is 0.175. The number of rotatable bonds is 7. The van der Waals surface area contributed by atoms with Gasteiger partial charge in [-0.3, -0.25) is 4.90 Å². The standard InChI is InChI=1S/C23H20Cl2N2/c24-23(25,18-26)22(21-14-8-3-9-15-21)27(16-19-10-4-1-5-11-19)17-20-12-6-2-7-13-20/h1-15,22H,16-17H2/t22-/m1/s1. The van der Waals surface area contributed by atoms with Crippen LogP contribution in [0.3, 0.4) is 0 Å². The highest BCUT2D eigenvalue weighted by Crippen LogP contribution is 2.41. The molecule has 0 fully saturated rings. The van der Waals surface area contributed by atoms with E-state index in [9.17, 15) is 5.26 Å². The molecule has 3 rings (SSSR count). The Kier molecular flexibility index (Phi) is 6.53. The molecule has 0 aliphatic rings. The summed E-state index contributed by atoms with van der Waals surface area (Å²) in [5.74, 6) is 0. The highest BCUT2D eigenvalue weighted by molar-refractivity contribution is 6.51. The first-order valence-corrected chi connectivity index (χ1v) is 9.51. The van der Waals surface area contributed by atoms with Crippen molar-refractivity contribution in [1.29, 1.82) is 5.26 Å². The van der Waals surface area contributed by atoms with Crippen molar-refractivity contribution >= 4 is 23.2 Å². The van der Waals surface area contributed by atoms with Gasteiger partial charge in [0.25, 0.3) is 0 Å². The van der Waals surface area contributed by atoms with Gasteiger partial charge in [-0.15, -0.1) is 0 Å². The van der Waals surface area contributed by atoms with Gasteiger partial charge < -0.3 is 0 Å². The van der Waals surface area contributed by atoms with Crippen LogP contribution in [0.4, 0.5) is 0 Å². The van der Waals surface area contributed by atoms with Gasteiger partial charge in [0.2, 0.25) is 4.33 Å². The first-order chi connectivity index (χ1) is 13.1. The summed E-state index contributed by atoms with van der Waals surface area (Å²) in [6.07, 6.45) is 0. The van der Waals surface area contributed by atoms with Crippen molar-refractivity contribution in [2.45, 2.75) is 23.5 Å². The van der Waals surface area contributed by atoms with Crippen LogP contribution in [0.25, 0.3) is 0 Å². The number of halogens is 2. The Morgan fingerprint density at radius 2 is 1.15 bits per heavy atom. The highest BCUT2D eigenvalue weighted by Gasteiger charge is 2.40. The molecular formula is C23H20Cl2N2. The summed E-state index contributed by atoms with van der Waals surface area (Å²) in [5, 5.41) is 9.67. The number of benzene rings is 3. The first kappa shape index (κ1) is 19.5. The molecule has 4 heteroatoms. The van der Waals surface area contributed by atoms with Crippen LogP contribution in [0.15, 0.2) is 91.0 Å². The monoisotopic (exact) mass is 394 g/mol. The lowest BCUT2D eigenvalue weighted by atomic mass is 9.99. The summed E-state index contributed by atoms with van der Waals surface area (Å²) in [4.78, 5) is 2.16. The van der Waals surface area contributed by atoms with E-state index in [0.29, 0.717) is 13.1 Å². The molecule has 0 saturated carbocycles. The Hall–Kier alpha value is -2.31. The first-order valence-electron chi connectivity index (χ1n) is 8.76. The van der Waals surface area contributed by atoms with Crippen LogP contribution >= 0.6 is 23.2 Å². The second-order valence-corrected chi connectivity index (χ2v) is 7.81.